The highest BCUT2D eigenvalue weighted by molar-refractivity contribution is 5.98. The van der Waals surface area contributed by atoms with Crippen LogP contribution >= 0.6 is 0 Å². The molecule has 24 nitrogen and oxygen atoms in total. The van der Waals surface area contributed by atoms with Crippen LogP contribution in [0.5, 0.6) is 0 Å². The van der Waals surface area contributed by atoms with Crippen molar-refractivity contribution in [3.63, 3.8) is 0 Å². The topological polar surface area (TPSA) is 423 Å². The van der Waals surface area contributed by atoms with E-state index in [0.717, 1.165) is 32.1 Å². The number of carbonyl (C=O) groups is 9. The van der Waals surface area contributed by atoms with Crippen LogP contribution in [0.3, 0.4) is 0 Å². The van der Waals surface area contributed by atoms with Crippen molar-refractivity contribution in [2.45, 2.75) is 127 Å². The monoisotopic (exact) mass is 845 g/mol. The molecule has 0 aliphatic rings. The van der Waals surface area contributed by atoms with E-state index in [2.05, 4.69) is 38.8 Å². The van der Waals surface area contributed by atoms with Crippen molar-refractivity contribution in [3.8, 4) is 0 Å². The maximum Gasteiger partial charge on any atom is 0.312 e. The number of nitrogens with one attached hydrogen (secondary N) is 7. The summed E-state index contributed by atoms with van der Waals surface area (Å²) in [5.74, 6) is -8.68. The molecule has 0 bridgehead atoms. The minimum atomic E-state index is -2.40. The summed E-state index contributed by atoms with van der Waals surface area (Å²) in [6, 6.07) is -10.6. The van der Waals surface area contributed by atoms with Crippen LogP contribution in [-0.2, 0) is 38.4 Å². The van der Waals surface area contributed by atoms with Crippen LogP contribution in [0.4, 0.5) is 4.79 Å². The molecule has 0 radical (unpaired) electrons. The number of amides is 10. The van der Waals surface area contributed by atoms with Gasteiger partial charge in [-0.3, -0.25) is 38.4 Å². The van der Waals surface area contributed by atoms with Gasteiger partial charge in [0, 0.05) is 19.5 Å². The Morgan fingerprint density at radius 2 is 1.24 bits per heavy atom. The minimum absolute atomic E-state index is 0.0250. The molecule has 24 heteroatoms. The lowest BCUT2D eigenvalue weighted by atomic mass is 10.1. The fraction of sp³-hybridized carbons (Fsp3) is 0.686. The van der Waals surface area contributed by atoms with E-state index in [9.17, 15) is 63.6 Å². The molecule has 0 saturated heterocycles. The lowest BCUT2D eigenvalue weighted by Gasteiger charge is -2.28. The van der Waals surface area contributed by atoms with Crippen molar-refractivity contribution < 1.29 is 63.6 Å². The first-order valence-electron chi connectivity index (χ1n) is 19.2. The molecule has 8 unspecified atom stereocenters. The molecule has 59 heavy (non-hydrogen) atoms. The van der Waals surface area contributed by atoms with Gasteiger partial charge < -0.3 is 80.6 Å². The number of hydrogen-bond donors (Lipinski definition) is 15. The van der Waals surface area contributed by atoms with Crippen LogP contribution in [0.25, 0.3) is 0 Å². The Balaban J connectivity index is 6.29. The molecule has 19 N–H and O–H groups in total. The SMILES string of the molecule is CCCCCCCC=CC(=O)NC(CCCNC(N)=O)C(=O)NC(CO)C(=O)NC(CCNC(=O)C(N)C(C)O)C(=O)NC(C(=O)NC(CO)CC(N)=O)C(O)C(N)=O. The molecule has 0 aliphatic heterocycles. The summed E-state index contributed by atoms with van der Waals surface area (Å²) in [6.45, 7) is 1.05. The van der Waals surface area contributed by atoms with Crippen LogP contribution in [0.2, 0.25) is 0 Å². The van der Waals surface area contributed by atoms with Gasteiger partial charge in [-0.25, -0.2) is 4.79 Å². The maximum absolute atomic E-state index is 13.6. The summed E-state index contributed by atoms with van der Waals surface area (Å²) in [4.78, 5) is 113. The maximum atomic E-state index is 13.6. The average Bonchev–Trinajstić information content (AvgIpc) is 3.17. The van der Waals surface area contributed by atoms with Gasteiger partial charge in [0.15, 0.2) is 6.10 Å². The Morgan fingerprint density at radius 1 is 0.644 bits per heavy atom. The fourth-order valence-electron chi connectivity index (χ4n) is 5.15. The predicted molar refractivity (Wildman–Crippen MR) is 209 cm³/mol. The summed E-state index contributed by atoms with van der Waals surface area (Å²) in [5.41, 5.74) is 21.0. The molecule has 0 rings (SSSR count). The Labute approximate surface area is 341 Å². The summed E-state index contributed by atoms with van der Waals surface area (Å²) >= 11 is 0. The highest BCUT2D eigenvalue weighted by Crippen LogP contribution is 2.06. The molecule has 0 aliphatic carbocycles. The first-order chi connectivity index (χ1) is 27.8. The summed E-state index contributed by atoms with van der Waals surface area (Å²) < 4.78 is 0. The Hall–Kier alpha value is -5.43. The summed E-state index contributed by atoms with van der Waals surface area (Å²) in [7, 11) is 0. The molecule has 0 saturated carbocycles. The van der Waals surface area contributed by atoms with Crippen LogP contribution in [0.1, 0.15) is 78.1 Å². The fourth-order valence-corrected chi connectivity index (χ4v) is 5.15. The first-order valence-corrected chi connectivity index (χ1v) is 19.2. The molecular formula is C35H63N11O13. The van der Waals surface area contributed by atoms with E-state index >= 15 is 0 Å². The van der Waals surface area contributed by atoms with E-state index in [1.807, 2.05) is 5.32 Å². The third-order valence-corrected chi connectivity index (χ3v) is 8.55. The number of urea groups is 1. The number of carbonyl (C=O) groups excluding carboxylic acids is 9. The van der Waals surface area contributed by atoms with Crippen LogP contribution in [0, 0.1) is 0 Å². The number of nitrogens with two attached hydrogens (primary N) is 4. The number of hydrogen-bond acceptors (Lipinski definition) is 14. The minimum Gasteiger partial charge on any atom is -0.394 e. The van der Waals surface area contributed by atoms with Crippen molar-refractivity contribution >= 4 is 53.3 Å². The highest BCUT2D eigenvalue weighted by atomic mass is 16.3. The van der Waals surface area contributed by atoms with Gasteiger partial charge in [0.2, 0.25) is 47.3 Å². The van der Waals surface area contributed by atoms with Crippen molar-refractivity contribution in [3.05, 3.63) is 12.2 Å². The van der Waals surface area contributed by atoms with Gasteiger partial charge in [0.1, 0.15) is 30.2 Å². The molecule has 10 amide bonds. The zero-order valence-corrected chi connectivity index (χ0v) is 33.4. The zero-order valence-electron chi connectivity index (χ0n) is 33.4. The molecule has 0 heterocycles. The van der Waals surface area contributed by atoms with Gasteiger partial charge in [0.25, 0.3) is 0 Å². The van der Waals surface area contributed by atoms with E-state index < -0.39 is 134 Å². The Morgan fingerprint density at radius 3 is 1.80 bits per heavy atom. The number of unbranched alkanes of at least 4 members (excludes halogenated alkanes) is 5. The van der Waals surface area contributed by atoms with E-state index in [-0.39, 0.29) is 19.4 Å². The van der Waals surface area contributed by atoms with E-state index in [1.165, 1.54) is 13.0 Å². The molecule has 0 aromatic carbocycles. The van der Waals surface area contributed by atoms with Gasteiger partial charge >= 0.3 is 6.03 Å². The van der Waals surface area contributed by atoms with Crippen LogP contribution < -0.4 is 60.2 Å². The van der Waals surface area contributed by atoms with E-state index in [0.29, 0.717) is 6.42 Å². The summed E-state index contributed by atoms with van der Waals surface area (Å²) in [5, 5.41) is 55.6. The van der Waals surface area contributed by atoms with Crippen molar-refractivity contribution in [1.29, 1.82) is 0 Å². The first kappa shape index (κ1) is 53.6. The number of aliphatic hydroxyl groups excluding tert-OH is 4. The molecule has 0 aromatic heterocycles. The lowest BCUT2D eigenvalue weighted by molar-refractivity contribution is -0.140. The van der Waals surface area contributed by atoms with Gasteiger partial charge in [-0.05, 0) is 45.1 Å². The van der Waals surface area contributed by atoms with Crippen molar-refractivity contribution in [2.24, 2.45) is 22.9 Å². The van der Waals surface area contributed by atoms with Gasteiger partial charge in [-0.2, -0.15) is 0 Å². The molecule has 0 aromatic rings. The Bertz CT molecular complexity index is 1430. The third kappa shape index (κ3) is 22.9. The molecule has 0 spiro atoms. The normalized spacial score (nSPS) is 15.2. The van der Waals surface area contributed by atoms with Gasteiger partial charge in [-0.1, -0.05) is 38.7 Å². The Kier molecular flexibility index (Phi) is 27.0. The number of primary amides is 3. The van der Waals surface area contributed by atoms with Crippen LogP contribution in [-0.4, -0.2) is 148 Å². The average molecular weight is 846 g/mol. The lowest BCUT2D eigenvalue weighted by Crippen LogP contribution is -2.63. The third-order valence-electron chi connectivity index (χ3n) is 8.55. The van der Waals surface area contributed by atoms with Crippen molar-refractivity contribution in [2.75, 3.05) is 26.3 Å². The summed E-state index contributed by atoms with van der Waals surface area (Å²) in [6.07, 6.45) is 3.86. The molecular weight excluding hydrogens is 782 g/mol. The largest absolute Gasteiger partial charge is 0.394 e. The van der Waals surface area contributed by atoms with Crippen molar-refractivity contribution in [1.82, 2.24) is 37.2 Å². The van der Waals surface area contributed by atoms with Gasteiger partial charge in [-0.15, -0.1) is 0 Å². The van der Waals surface area contributed by atoms with E-state index in [4.69, 9.17) is 22.9 Å². The number of aliphatic hydroxyl groups is 4. The van der Waals surface area contributed by atoms with Crippen LogP contribution in [0.15, 0.2) is 12.2 Å². The second-order valence-corrected chi connectivity index (χ2v) is 13.6. The smallest absolute Gasteiger partial charge is 0.312 e. The highest BCUT2D eigenvalue weighted by Gasteiger charge is 2.36. The number of rotatable bonds is 31. The standard InChI is InChI=1S/C35H63N11O13/c1-3-4-5-6-7-8-9-12-25(51)43-21(11-10-14-41-35(39)59)30(54)45-23(18-48)32(56)44-22(13-15-40-33(57)26(37)19(2)49)31(55)46-27(28(52)29(38)53)34(58)42-20(17-47)16-24(36)50/h9,12,19-23,26-28,47-49,52H,3-8,10-11,13-18,37H2,1-2H3,(H2,36,50)(H2,38,53)(H,40,57)(H,42,58)(H,43,51)(H,44,56)(H,45,54)(H,46,55)(H3,39,41,59). The second-order valence-electron chi connectivity index (χ2n) is 13.6. The second kappa shape index (κ2) is 29.7. The quantitative estimate of drug-likeness (QED) is 0.0228. The molecule has 8 atom stereocenters. The van der Waals surface area contributed by atoms with E-state index in [1.54, 1.807) is 6.08 Å². The van der Waals surface area contributed by atoms with Gasteiger partial charge in [0.05, 0.1) is 25.4 Å². The zero-order chi connectivity index (χ0) is 45.1. The predicted octanol–water partition coefficient (Wildman–Crippen LogP) is -6.30. The molecule has 336 valence electrons. The number of allylic oxidation sites excluding steroid dienone is 1. The molecule has 0 fully saturated rings.